The third-order valence-corrected chi connectivity index (χ3v) is 3.06. The first-order chi connectivity index (χ1) is 10.0. The van der Waals surface area contributed by atoms with Crippen molar-refractivity contribution >= 4 is 5.69 Å². The summed E-state index contributed by atoms with van der Waals surface area (Å²) in [5, 5.41) is 13.9. The number of nitrogens with zero attached hydrogens (tertiary/aromatic N) is 2. The second kappa shape index (κ2) is 6.32. The lowest BCUT2D eigenvalue weighted by Gasteiger charge is -2.11. The lowest BCUT2D eigenvalue weighted by atomic mass is 10.2. The SMILES string of the molecule is CNCc1cnc(Oc2cc([N+](=O)[O-])ccc2C)c(C)c1. The molecule has 0 atom stereocenters. The van der Waals surface area contributed by atoms with Crippen LogP contribution >= 0.6 is 0 Å². The highest BCUT2D eigenvalue weighted by Crippen LogP contribution is 2.29. The molecule has 0 aliphatic carbocycles. The molecule has 1 aromatic heterocycles. The van der Waals surface area contributed by atoms with Crippen molar-refractivity contribution in [3.8, 4) is 11.6 Å². The zero-order chi connectivity index (χ0) is 15.4. The number of pyridine rings is 1. The molecule has 0 spiro atoms. The normalized spacial score (nSPS) is 10.4. The Labute approximate surface area is 122 Å². The molecule has 0 saturated heterocycles. The Morgan fingerprint density at radius 2 is 2.05 bits per heavy atom. The van der Waals surface area contributed by atoms with E-state index in [0.29, 0.717) is 11.6 Å². The molecule has 2 aromatic rings. The van der Waals surface area contributed by atoms with Crippen LogP contribution in [0, 0.1) is 24.0 Å². The summed E-state index contributed by atoms with van der Waals surface area (Å²) < 4.78 is 5.73. The number of ether oxygens (including phenoxy) is 1. The lowest BCUT2D eigenvalue weighted by molar-refractivity contribution is -0.384. The number of non-ortho nitro benzene ring substituents is 1. The predicted octanol–water partition coefficient (Wildman–Crippen LogP) is 3.12. The van der Waals surface area contributed by atoms with Crippen molar-refractivity contribution in [3.05, 3.63) is 57.3 Å². The van der Waals surface area contributed by atoms with Gasteiger partial charge in [-0.3, -0.25) is 10.1 Å². The minimum atomic E-state index is -0.442. The molecule has 0 fully saturated rings. The van der Waals surface area contributed by atoms with Crippen LogP contribution in [-0.4, -0.2) is 17.0 Å². The van der Waals surface area contributed by atoms with E-state index in [0.717, 1.165) is 23.2 Å². The van der Waals surface area contributed by atoms with Crippen molar-refractivity contribution in [3.63, 3.8) is 0 Å². The van der Waals surface area contributed by atoms with Crippen LogP contribution in [0.25, 0.3) is 0 Å². The predicted molar refractivity (Wildman–Crippen MR) is 79.6 cm³/mol. The molecule has 0 radical (unpaired) electrons. The minimum Gasteiger partial charge on any atom is -0.438 e. The quantitative estimate of drug-likeness (QED) is 0.675. The van der Waals surface area contributed by atoms with Crippen LogP contribution in [0.3, 0.4) is 0 Å². The smallest absolute Gasteiger partial charge is 0.273 e. The van der Waals surface area contributed by atoms with Gasteiger partial charge in [-0.25, -0.2) is 4.98 Å². The number of aryl methyl sites for hydroxylation is 2. The van der Waals surface area contributed by atoms with Crippen LogP contribution in [-0.2, 0) is 6.54 Å². The van der Waals surface area contributed by atoms with Gasteiger partial charge in [0.15, 0.2) is 0 Å². The van der Waals surface area contributed by atoms with Gasteiger partial charge in [0.2, 0.25) is 5.88 Å². The fraction of sp³-hybridized carbons (Fsp3) is 0.267. The van der Waals surface area contributed by atoms with Crippen molar-refractivity contribution in [2.45, 2.75) is 20.4 Å². The highest BCUT2D eigenvalue weighted by Gasteiger charge is 2.12. The summed E-state index contributed by atoms with van der Waals surface area (Å²) in [5.74, 6) is 0.902. The summed E-state index contributed by atoms with van der Waals surface area (Å²) in [7, 11) is 1.87. The van der Waals surface area contributed by atoms with E-state index in [1.807, 2.05) is 27.0 Å². The van der Waals surface area contributed by atoms with E-state index in [9.17, 15) is 10.1 Å². The summed E-state index contributed by atoms with van der Waals surface area (Å²) in [6, 6.07) is 6.51. The number of aromatic nitrogens is 1. The topological polar surface area (TPSA) is 77.3 Å². The summed E-state index contributed by atoms with van der Waals surface area (Å²) in [5.41, 5.74) is 2.76. The summed E-state index contributed by atoms with van der Waals surface area (Å²) >= 11 is 0. The van der Waals surface area contributed by atoms with E-state index in [-0.39, 0.29) is 5.69 Å². The molecule has 6 nitrogen and oxygen atoms in total. The Hall–Kier alpha value is -2.47. The van der Waals surface area contributed by atoms with Crippen LogP contribution < -0.4 is 10.1 Å². The first kappa shape index (κ1) is 14.9. The number of hydrogen-bond donors (Lipinski definition) is 1. The maximum absolute atomic E-state index is 10.8. The Bertz CT molecular complexity index is 671. The lowest BCUT2D eigenvalue weighted by Crippen LogP contribution is -2.06. The van der Waals surface area contributed by atoms with Gasteiger partial charge in [-0.15, -0.1) is 0 Å². The Morgan fingerprint density at radius 1 is 1.29 bits per heavy atom. The van der Waals surface area contributed by atoms with Gasteiger partial charge in [0.25, 0.3) is 5.69 Å². The molecule has 0 aliphatic rings. The third-order valence-electron chi connectivity index (χ3n) is 3.06. The van der Waals surface area contributed by atoms with Gasteiger partial charge in [-0.05, 0) is 44.2 Å². The van der Waals surface area contributed by atoms with Gasteiger partial charge >= 0.3 is 0 Å². The van der Waals surface area contributed by atoms with E-state index in [2.05, 4.69) is 10.3 Å². The van der Waals surface area contributed by atoms with Crippen molar-refractivity contribution in [1.29, 1.82) is 0 Å². The highest BCUT2D eigenvalue weighted by atomic mass is 16.6. The van der Waals surface area contributed by atoms with Crippen LogP contribution in [0.4, 0.5) is 5.69 Å². The fourth-order valence-corrected chi connectivity index (χ4v) is 1.94. The molecule has 21 heavy (non-hydrogen) atoms. The van der Waals surface area contributed by atoms with E-state index in [4.69, 9.17) is 4.74 Å². The van der Waals surface area contributed by atoms with Crippen molar-refractivity contribution in [2.24, 2.45) is 0 Å². The molecule has 0 saturated carbocycles. The van der Waals surface area contributed by atoms with Gasteiger partial charge in [0.1, 0.15) is 5.75 Å². The first-order valence-corrected chi connectivity index (χ1v) is 6.54. The van der Waals surface area contributed by atoms with Crippen LogP contribution in [0.1, 0.15) is 16.7 Å². The van der Waals surface area contributed by atoms with Gasteiger partial charge in [-0.1, -0.05) is 0 Å². The maximum Gasteiger partial charge on any atom is 0.273 e. The number of hydrogen-bond acceptors (Lipinski definition) is 5. The van der Waals surface area contributed by atoms with Crippen molar-refractivity contribution in [1.82, 2.24) is 10.3 Å². The summed E-state index contributed by atoms with van der Waals surface area (Å²) in [6.45, 7) is 4.46. The van der Waals surface area contributed by atoms with Crippen LogP contribution in [0.5, 0.6) is 11.6 Å². The number of nitro benzene ring substituents is 1. The third kappa shape index (κ3) is 3.55. The second-order valence-corrected chi connectivity index (χ2v) is 4.80. The second-order valence-electron chi connectivity index (χ2n) is 4.80. The number of nitro groups is 1. The Morgan fingerprint density at radius 3 is 2.67 bits per heavy atom. The average Bonchev–Trinajstić information content (AvgIpc) is 2.44. The summed E-state index contributed by atoms with van der Waals surface area (Å²) in [4.78, 5) is 14.7. The van der Waals surface area contributed by atoms with E-state index < -0.39 is 4.92 Å². The molecule has 0 unspecified atom stereocenters. The Balaban J connectivity index is 2.29. The highest BCUT2D eigenvalue weighted by molar-refractivity contribution is 5.45. The molecular weight excluding hydrogens is 270 g/mol. The van der Waals surface area contributed by atoms with Crippen LogP contribution in [0.15, 0.2) is 30.5 Å². The van der Waals surface area contributed by atoms with E-state index >= 15 is 0 Å². The molecule has 6 heteroatoms. The average molecular weight is 287 g/mol. The zero-order valence-corrected chi connectivity index (χ0v) is 12.2. The summed E-state index contributed by atoms with van der Waals surface area (Å²) in [6.07, 6.45) is 1.73. The van der Waals surface area contributed by atoms with E-state index in [1.54, 1.807) is 12.3 Å². The maximum atomic E-state index is 10.8. The molecule has 0 amide bonds. The molecule has 1 aromatic carbocycles. The first-order valence-electron chi connectivity index (χ1n) is 6.54. The zero-order valence-electron chi connectivity index (χ0n) is 12.2. The molecule has 0 bridgehead atoms. The largest absolute Gasteiger partial charge is 0.438 e. The molecule has 1 N–H and O–H groups in total. The van der Waals surface area contributed by atoms with Crippen molar-refractivity contribution in [2.75, 3.05) is 7.05 Å². The van der Waals surface area contributed by atoms with Crippen molar-refractivity contribution < 1.29 is 9.66 Å². The van der Waals surface area contributed by atoms with Gasteiger partial charge < -0.3 is 10.1 Å². The number of nitrogens with one attached hydrogen (secondary N) is 1. The van der Waals surface area contributed by atoms with Gasteiger partial charge in [0, 0.05) is 24.4 Å². The molecule has 110 valence electrons. The van der Waals surface area contributed by atoms with E-state index in [1.165, 1.54) is 12.1 Å². The number of rotatable bonds is 5. The Kier molecular flexibility index (Phi) is 4.49. The van der Waals surface area contributed by atoms with Crippen LogP contribution in [0.2, 0.25) is 0 Å². The van der Waals surface area contributed by atoms with Gasteiger partial charge in [-0.2, -0.15) is 0 Å². The number of benzene rings is 1. The minimum absolute atomic E-state index is 0.0000520. The fourth-order valence-electron chi connectivity index (χ4n) is 1.94. The molecule has 0 aliphatic heterocycles. The molecular formula is C15H17N3O3. The molecule has 2 rings (SSSR count). The molecule has 1 heterocycles. The monoisotopic (exact) mass is 287 g/mol. The van der Waals surface area contributed by atoms with Gasteiger partial charge in [0.05, 0.1) is 11.0 Å². The standard InChI is InChI=1S/C15H17N3O3/c1-10-4-5-13(18(19)20)7-14(10)21-15-11(2)6-12(8-16-3)9-17-15/h4-7,9,16H,8H2,1-3H3.